The lowest BCUT2D eigenvalue weighted by atomic mass is 9.84. The molecule has 2 atom stereocenters. The average molecular weight is 382 g/mol. The van der Waals surface area contributed by atoms with Crippen molar-refractivity contribution in [2.45, 2.75) is 30.6 Å². The van der Waals surface area contributed by atoms with Crippen molar-refractivity contribution in [3.63, 3.8) is 0 Å². The number of hydrogen-bond acceptors (Lipinski definition) is 9. The van der Waals surface area contributed by atoms with Crippen LogP contribution >= 0.6 is 0 Å². The Labute approximate surface area is 155 Å². The summed E-state index contributed by atoms with van der Waals surface area (Å²) in [6, 6.07) is 6.02. The number of Topliss-reactive ketones (excluding diaryl/α,β-unsaturated/α-hetero) is 2. The summed E-state index contributed by atoms with van der Waals surface area (Å²) in [5.41, 5.74) is -0.142. The second kappa shape index (κ2) is 8.48. The Balaban J connectivity index is 0.000000260. The third-order valence-electron chi connectivity index (χ3n) is 4.55. The number of benzene rings is 1. The molecule has 4 aliphatic rings. The van der Waals surface area contributed by atoms with Crippen molar-refractivity contribution in [3.8, 4) is 0 Å². The Morgan fingerprint density at radius 2 is 1.52 bits per heavy atom. The number of rotatable bonds is 6. The molecule has 4 heterocycles. The van der Waals surface area contributed by atoms with Gasteiger partial charge in [0.1, 0.15) is 30.0 Å². The SMILES string of the molecule is O=C1C2NC3NC1NC(Cc1ccc(F)cc1)(N2)C3=O.OCCOCCO. The molecular weight excluding hydrogens is 359 g/mol. The molecule has 0 radical (unpaired) electrons. The minimum atomic E-state index is -0.970. The van der Waals surface area contributed by atoms with Gasteiger partial charge in [-0.05, 0) is 17.7 Å². The van der Waals surface area contributed by atoms with Gasteiger partial charge in [-0.3, -0.25) is 30.9 Å². The Morgan fingerprint density at radius 3 is 2.04 bits per heavy atom. The van der Waals surface area contributed by atoms with Crippen molar-refractivity contribution in [3.05, 3.63) is 35.6 Å². The van der Waals surface area contributed by atoms with E-state index in [9.17, 15) is 14.0 Å². The molecule has 27 heavy (non-hydrogen) atoms. The zero-order valence-electron chi connectivity index (χ0n) is 14.6. The van der Waals surface area contributed by atoms with Gasteiger partial charge in [0.25, 0.3) is 0 Å². The summed E-state index contributed by atoms with van der Waals surface area (Å²) >= 11 is 0. The van der Waals surface area contributed by atoms with Crippen LogP contribution in [0.4, 0.5) is 4.39 Å². The molecule has 9 nitrogen and oxygen atoms in total. The van der Waals surface area contributed by atoms with Crippen molar-refractivity contribution in [1.82, 2.24) is 21.3 Å². The summed E-state index contributed by atoms with van der Waals surface area (Å²) < 4.78 is 17.6. The normalized spacial score (nSPS) is 31.0. The molecule has 4 saturated heterocycles. The predicted octanol–water partition coefficient (Wildman–Crippen LogP) is -2.43. The zero-order chi connectivity index (χ0) is 19.4. The minimum absolute atomic E-state index is 0.0278. The maximum Gasteiger partial charge on any atom is 0.199 e. The summed E-state index contributed by atoms with van der Waals surface area (Å²) in [5, 5.41) is 28.1. The van der Waals surface area contributed by atoms with Gasteiger partial charge in [-0.15, -0.1) is 0 Å². The summed E-state index contributed by atoms with van der Waals surface area (Å²) in [6.07, 6.45) is -1.20. The minimum Gasteiger partial charge on any atom is -0.394 e. The number of halogens is 1. The molecular formula is C17H23FN4O5. The Hall–Kier alpha value is -1.79. The Bertz CT molecular complexity index is 664. The van der Waals surface area contributed by atoms with Gasteiger partial charge in [-0.25, -0.2) is 4.39 Å². The van der Waals surface area contributed by atoms with Crippen LogP contribution < -0.4 is 21.3 Å². The standard InChI is InChI=1S/C13H13FN4O2.C4H10O3/c14-7-3-1-6(2-4-7)5-13-9(20)12-15-10(17-13)8(19)11(16-12)18-13;5-1-3-7-4-2-6/h1-4,10-12,15-18H,5H2;5-6H,1-4H2. The van der Waals surface area contributed by atoms with Crippen LogP contribution in [0.15, 0.2) is 24.3 Å². The number of ether oxygens (including phenoxy) is 1. The summed E-state index contributed by atoms with van der Waals surface area (Å²) in [7, 11) is 0. The highest BCUT2D eigenvalue weighted by Crippen LogP contribution is 2.26. The molecule has 5 rings (SSSR count). The van der Waals surface area contributed by atoms with Gasteiger partial charge < -0.3 is 14.9 Å². The molecule has 4 aliphatic heterocycles. The lowest BCUT2D eigenvalue weighted by molar-refractivity contribution is -0.154. The van der Waals surface area contributed by atoms with Gasteiger partial charge in [0, 0.05) is 6.42 Å². The van der Waals surface area contributed by atoms with Gasteiger partial charge in [-0.2, -0.15) is 0 Å². The summed E-state index contributed by atoms with van der Waals surface area (Å²) in [5.74, 6) is -0.449. The van der Waals surface area contributed by atoms with Crippen LogP contribution in [0.1, 0.15) is 5.56 Å². The highest BCUT2D eigenvalue weighted by atomic mass is 19.1. The lowest BCUT2D eigenvalue weighted by Crippen LogP contribution is -2.93. The van der Waals surface area contributed by atoms with Crippen LogP contribution in [0, 0.1) is 5.82 Å². The van der Waals surface area contributed by atoms with Crippen molar-refractivity contribution in [1.29, 1.82) is 0 Å². The van der Waals surface area contributed by atoms with Crippen LogP contribution in [-0.2, 0) is 20.7 Å². The van der Waals surface area contributed by atoms with Gasteiger partial charge in [-0.1, -0.05) is 12.1 Å². The van der Waals surface area contributed by atoms with Crippen LogP contribution in [0.25, 0.3) is 0 Å². The molecule has 6 N–H and O–H groups in total. The van der Waals surface area contributed by atoms with Gasteiger partial charge >= 0.3 is 0 Å². The fraction of sp³-hybridized carbons (Fsp3) is 0.529. The topological polar surface area (TPSA) is 132 Å². The first kappa shape index (κ1) is 20.0. The summed E-state index contributed by atoms with van der Waals surface area (Å²) in [6.45, 7) is 0.696. The molecule has 0 spiro atoms. The first-order chi connectivity index (χ1) is 13.0. The fourth-order valence-electron chi connectivity index (χ4n) is 3.34. The Kier molecular flexibility index (Phi) is 6.27. The first-order valence-corrected chi connectivity index (χ1v) is 8.68. The molecule has 0 saturated carbocycles. The zero-order valence-corrected chi connectivity index (χ0v) is 14.6. The van der Waals surface area contributed by atoms with E-state index in [1.807, 2.05) is 0 Å². The molecule has 1 aromatic rings. The fourth-order valence-corrected chi connectivity index (χ4v) is 3.34. The molecule has 2 unspecified atom stereocenters. The molecule has 0 amide bonds. The van der Waals surface area contributed by atoms with Crippen molar-refractivity contribution in [2.75, 3.05) is 26.4 Å². The van der Waals surface area contributed by atoms with E-state index in [0.717, 1.165) is 5.56 Å². The lowest BCUT2D eigenvalue weighted by Gasteiger charge is -2.56. The van der Waals surface area contributed by atoms with Crippen LogP contribution in [-0.4, -0.2) is 72.4 Å². The molecule has 4 bridgehead atoms. The molecule has 4 fully saturated rings. The molecule has 0 aliphatic carbocycles. The molecule has 148 valence electrons. The van der Waals surface area contributed by atoms with E-state index in [0.29, 0.717) is 19.6 Å². The number of hydrogen-bond donors (Lipinski definition) is 6. The third kappa shape index (κ3) is 4.22. The number of aliphatic hydroxyl groups is 2. The molecule has 1 aromatic carbocycles. The number of carbonyl (C=O) groups excluding carboxylic acids is 2. The second-order valence-electron chi connectivity index (χ2n) is 6.46. The monoisotopic (exact) mass is 382 g/mol. The van der Waals surface area contributed by atoms with E-state index < -0.39 is 24.2 Å². The van der Waals surface area contributed by atoms with Crippen LogP contribution in [0.2, 0.25) is 0 Å². The van der Waals surface area contributed by atoms with Crippen LogP contribution in [0.3, 0.4) is 0 Å². The number of carbonyl (C=O) groups is 2. The number of nitrogens with one attached hydrogen (secondary N) is 4. The van der Waals surface area contributed by atoms with Gasteiger partial charge in [0.05, 0.1) is 26.4 Å². The predicted molar refractivity (Wildman–Crippen MR) is 91.7 cm³/mol. The van der Waals surface area contributed by atoms with E-state index in [-0.39, 0.29) is 30.6 Å². The van der Waals surface area contributed by atoms with Crippen molar-refractivity contribution < 1.29 is 28.9 Å². The maximum absolute atomic E-state index is 13.0. The Morgan fingerprint density at radius 1 is 0.963 bits per heavy atom. The van der Waals surface area contributed by atoms with E-state index >= 15 is 0 Å². The summed E-state index contributed by atoms with van der Waals surface area (Å²) in [4.78, 5) is 24.3. The second-order valence-corrected chi connectivity index (χ2v) is 6.46. The largest absolute Gasteiger partial charge is 0.394 e. The van der Waals surface area contributed by atoms with E-state index in [4.69, 9.17) is 10.2 Å². The van der Waals surface area contributed by atoms with Gasteiger partial charge in [0.2, 0.25) is 0 Å². The molecule has 0 aromatic heterocycles. The average Bonchev–Trinajstić information content (AvgIpc) is 2.64. The van der Waals surface area contributed by atoms with E-state index in [1.165, 1.54) is 12.1 Å². The maximum atomic E-state index is 13.0. The first-order valence-electron chi connectivity index (χ1n) is 8.68. The highest BCUT2D eigenvalue weighted by molar-refractivity contribution is 6.03. The van der Waals surface area contributed by atoms with E-state index in [2.05, 4.69) is 26.0 Å². The van der Waals surface area contributed by atoms with E-state index in [1.54, 1.807) is 12.1 Å². The third-order valence-corrected chi connectivity index (χ3v) is 4.55. The quantitative estimate of drug-likeness (QED) is 0.297. The van der Waals surface area contributed by atoms with Gasteiger partial charge in [0.15, 0.2) is 11.6 Å². The smallest absolute Gasteiger partial charge is 0.199 e. The van der Waals surface area contributed by atoms with Crippen LogP contribution in [0.5, 0.6) is 0 Å². The highest BCUT2D eigenvalue weighted by Gasteiger charge is 2.59. The molecule has 10 heteroatoms. The van der Waals surface area contributed by atoms with Crippen molar-refractivity contribution >= 4 is 11.6 Å². The number of ketones is 2. The number of aliphatic hydroxyl groups excluding tert-OH is 2. The van der Waals surface area contributed by atoms with Crippen molar-refractivity contribution in [2.24, 2.45) is 0 Å².